The number of rotatable bonds is 8. The highest BCUT2D eigenvalue weighted by atomic mass is 16.5. The highest BCUT2D eigenvalue weighted by Crippen LogP contribution is 2.10. The molecule has 2 fully saturated rings. The molecule has 2 saturated heterocycles. The van der Waals surface area contributed by atoms with Crippen LogP contribution in [0.3, 0.4) is 0 Å². The summed E-state index contributed by atoms with van der Waals surface area (Å²) in [6.45, 7) is 3.47. The molecule has 2 heterocycles. The Hall–Kier alpha value is -2.00. The Bertz CT molecular complexity index is 562. The Balaban J connectivity index is 1.43. The third kappa shape index (κ3) is 5.50. The molecule has 1 aromatic rings. The van der Waals surface area contributed by atoms with E-state index >= 15 is 0 Å². The number of carbonyl (C=O) groups excluding carboxylic acids is 2. The molecule has 2 atom stereocenters. The van der Waals surface area contributed by atoms with Crippen LogP contribution >= 0.6 is 0 Å². The van der Waals surface area contributed by atoms with Gasteiger partial charge in [0.1, 0.15) is 12.5 Å². The average Bonchev–Trinajstić information content (AvgIpc) is 3.35. The summed E-state index contributed by atoms with van der Waals surface area (Å²) in [5.41, 5.74) is 0.640. The zero-order chi connectivity index (χ0) is 18.2. The van der Waals surface area contributed by atoms with Crippen molar-refractivity contribution in [3.63, 3.8) is 0 Å². The van der Waals surface area contributed by atoms with Gasteiger partial charge in [-0.25, -0.2) is 9.59 Å². The summed E-state index contributed by atoms with van der Waals surface area (Å²) in [5, 5.41) is 6.29. The van der Waals surface area contributed by atoms with E-state index in [1.165, 1.54) is 6.07 Å². The van der Waals surface area contributed by atoms with Gasteiger partial charge in [0.05, 0.1) is 37.6 Å². The Labute approximate surface area is 152 Å². The SMILES string of the molecule is O=C(OCCC1NCCO1)c1cccc(C(=O)OCCC2NCCO2)c1. The number of hydrogen-bond acceptors (Lipinski definition) is 8. The van der Waals surface area contributed by atoms with Crippen molar-refractivity contribution in [1.82, 2.24) is 10.6 Å². The van der Waals surface area contributed by atoms with Crippen molar-refractivity contribution in [1.29, 1.82) is 0 Å². The molecule has 0 aliphatic carbocycles. The van der Waals surface area contributed by atoms with Crippen molar-refractivity contribution in [2.45, 2.75) is 25.3 Å². The number of carbonyl (C=O) groups is 2. The van der Waals surface area contributed by atoms with E-state index in [1.54, 1.807) is 18.2 Å². The van der Waals surface area contributed by atoms with Gasteiger partial charge < -0.3 is 18.9 Å². The highest BCUT2D eigenvalue weighted by Gasteiger charge is 2.18. The minimum absolute atomic E-state index is 0.0672. The van der Waals surface area contributed by atoms with Gasteiger partial charge in [-0.05, 0) is 18.2 Å². The third-order valence-corrected chi connectivity index (χ3v) is 4.15. The topological polar surface area (TPSA) is 95.1 Å². The van der Waals surface area contributed by atoms with Crippen LogP contribution in [0.4, 0.5) is 0 Å². The fraction of sp³-hybridized carbons (Fsp3) is 0.556. The molecule has 1 aromatic carbocycles. The predicted octanol–water partition coefficient (Wildman–Crippen LogP) is 0.672. The number of nitrogens with one attached hydrogen (secondary N) is 2. The number of hydrogen-bond donors (Lipinski definition) is 2. The molecule has 0 radical (unpaired) electrons. The van der Waals surface area contributed by atoms with Crippen molar-refractivity contribution in [2.24, 2.45) is 0 Å². The summed E-state index contributed by atoms with van der Waals surface area (Å²) in [5.74, 6) is -0.942. The zero-order valence-electron chi connectivity index (χ0n) is 14.6. The van der Waals surface area contributed by atoms with E-state index < -0.39 is 11.9 Å². The first kappa shape index (κ1) is 18.8. The maximum Gasteiger partial charge on any atom is 0.338 e. The fourth-order valence-electron chi connectivity index (χ4n) is 2.79. The van der Waals surface area contributed by atoms with E-state index in [1.807, 2.05) is 0 Å². The van der Waals surface area contributed by atoms with Crippen LogP contribution in [0.2, 0.25) is 0 Å². The Morgan fingerprint density at radius 2 is 1.42 bits per heavy atom. The van der Waals surface area contributed by atoms with Gasteiger partial charge in [0.2, 0.25) is 0 Å². The van der Waals surface area contributed by atoms with Crippen molar-refractivity contribution in [2.75, 3.05) is 39.5 Å². The van der Waals surface area contributed by atoms with Gasteiger partial charge in [-0.1, -0.05) is 6.07 Å². The van der Waals surface area contributed by atoms with E-state index in [0.29, 0.717) is 37.2 Å². The van der Waals surface area contributed by atoms with Crippen molar-refractivity contribution in [3.05, 3.63) is 35.4 Å². The maximum absolute atomic E-state index is 12.1. The lowest BCUT2D eigenvalue weighted by atomic mass is 10.1. The molecular formula is C18H24N2O6. The molecule has 2 aliphatic rings. The van der Waals surface area contributed by atoms with Crippen LogP contribution in [-0.2, 0) is 18.9 Å². The molecule has 0 amide bonds. The Morgan fingerprint density at radius 1 is 0.923 bits per heavy atom. The molecule has 142 valence electrons. The molecule has 26 heavy (non-hydrogen) atoms. The van der Waals surface area contributed by atoms with Gasteiger partial charge in [0.15, 0.2) is 0 Å². The van der Waals surface area contributed by atoms with Gasteiger partial charge >= 0.3 is 11.9 Å². The maximum atomic E-state index is 12.1. The fourth-order valence-corrected chi connectivity index (χ4v) is 2.79. The molecule has 0 saturated carbocycles. The van der Waals surface area contributed by atoms with E-state index in [0.717, 1.165) is 13.1 Å². The lowest BCUT2D eigenvalue weighted by Gasteiger charge is -2.11. The van der Waals surface area contributed by atoms with Gasteiger partial charge in [0, 0.05) is 25.9 Å². The molecular weight excluding hydrogens is 340 g/mol. The van der Waals surface area contributed by atoms with E-state index in [2.05, 4.69) is 10.6 Å². The summed E-state index contributed by atoms with van der Waals surface area (Å²) in [6.07, 6.45) is 1.04. The lowest BCUT2D eigenvalue weighted by molar-refractivity contribution is 0.0359. The normalized spacial score (nSPS) is 22.3. The van der Waals surface area contributed by atoms with Gasteiger partial charge in [-0.3, -0.25) is 10.6 Å². The predicted molar refractivity (Wildman–Crippen MR) is 91.7 cm³/mol. The highest BCUT2D eigenvalue weighted by molar-refractivity contribution is 5.95. The van der Waals surface area contributed by atoms with Crippen LogP contribution in [0.25, 0.3) is 0 Å². The molecule has 2 aliphatic heterocycles. The average molecular weight is 364 g/mol. The zero-order valence-corrected chi connectivity index (χ0v) is 14.6. The third-order valence-electron chi connectivity index (χ3n) is 4.15. The Kier molecular flexibility index (Phi) is 6.96. The molecule has 0 aromatic heterocycles. The van der Waals surface area contributed by atoms with Crippen LogP contribution < -0.4 is 10.6 Å². The summed E-state index contributed by atoms with van der Waals surface area (Å²) < 4.78 is 21.3. The van der Waals surface area contributed by atoms with Gasteiger partial charge in [-0.15, -0.1) is 0 Å². The second kappa shape index (κ2) is 9.63. The largest absolute Gasteiger partial charge is 0.462 e. The number of ether oxygens (including phenoxy) is 4. The molecule has 2 N–H and O–H groups in total. The molecule has 0 bridgehead atoms. The van der Waals surface area contributed by atoms with Crippen molar-refractivity contribution >= 4 is 11.9 Å². The summed E-state index contributed by atoms with van der Waals surface area (Å²) in [4.78, 5) is 24.2. The standard InChI is InChI=1S/C18H24N2O6/c21-17(25-8-4-15-19-6-10-23-15)13-2-1-3-14(12-13)18(22)26-9-5-16-20-7-11-24-16/h1-3,12,15-16,19-20H,4-11H2. The number of esters is 2. The van der Waals surface area contributed by atoms with Crippen LogP contribution in [0.5, 0.6) is 0 Å². The summed E-state index contributed by atoms with van der Waals surface area (Å²) in [7, 11) is 0. The van der Waals surface area contributed by atoms with Crippen molar-refractivity contribution in [3.8, 4) is 0 Å². The molecule has 3 rings (SSSR count). The van der Waals surface area contributed by atoms with E-state index in [9.17, 15) is 9.59 Å². The summed E-state index contributed by atoms with van der Waals surface area (Å²) >= 11 is 0. The molecule has 8 heteroatoms. The first-order chi connectivity index (χ1) is 12.7. The molecule has 8 nitrogen and oxygen atoms in total. The first-order valence-electron chi connectivity index (χ1n) is 8.86. The summed E-state index contributed by atoms with van der Waals surface area (Å²) in [6, 6.07) is 6.34. The smallest absolute Gasteiger partial charge is 0.338 e. The lowest BCUT2D eigenvalue weighted by Crippen LogP contribution is -2.25. The Morgan fingerprint density at radius 3 is 1.85 bits per heavy atom. The minimum atomic E-state index is -0.471. The number of benzene rings is 1. The van der Waals surface area contributed by atoms with Crippen molar-refractivity contribution < 1.29 is 28.5 Å². The van der Waals surface area contributed by atoms with Gasteiger partial charge in [-0.2, -0.15) is 0 Å². The second-order valence-electron chi connectivity index (χ2n) is 6.06. The monoisotopic (exact) mass is 364 g/mol. The quantitative estimate of drug-likeness (QED) is 0.650. The molecule has 0 spiro atoms. The van der Waals surface area contributed by atoms with Crippen LogP contribution in [0.1, 0.15) is 33.6 Å². The minimum Gasteiger partial charge on any atom is -0.462 e. The second-order valence-corrected chi connectivity index (χ2v) is 6.06. The first-order valence-corrected chi connectivity index (χ1v) is 8.86. The van der Waals surface area contributed by atoms with Crippen LogP contribution in [-0.4, -0.2) is 63.9 Å². The van der Waals surface area contributed by atoms with Crippen LogP contribution in [0.15, 0.2) is 24.3 Å². The van der Waals surface area contributed by atoms with E-state index in [4.69, 9.17) is 18.9 Å². The van der Waals surface area contributed by atoms with Crippen LogP contribution in [0, 0.1) is 0 Å². The molecule has 2 unspecified atom stereocenters. The van der Waals surface area contributed by atoms with Gasteiger partial charge in [0.25, 0.3) is 0 Å². The van der Waals surface area contributed by atoms with E-state index in [-0.39, 0.29) is 25.7 Å².